The van der Waals surface area contributed by atoms with Gasteiger partial charge in [-0.25, -0.2) is 9.97 Å². The van der Waals surface area contributed by atoms with E-state index in [2.05, 4.69) is 41.4 Å². The highest BCUT2D eigenvalue weighted by atomic mass is 16.1. The summed E-state index contributed by atoms with van der Waals surface area (Å²) in [7, 11) is 1.77. The van der Waals surface area contributed by atoms with Crippen LogP contribution in [0.25, 0.3) is 0 Å². The number of aromatic nitrogens is 2. The molecule has 1 unspecified atom stereocenters. The molecule has 20 heavy (non-hydrogen) atoms. The Morgan fingerprint density at radius 3 is 2.40 bits per heavy atom. The van der Waals surface area contributed by atoms with Gasteiger partial charge in [-0.05, 0) is 11.8 Å². The van der Waals surface area contributed by atoms with Gasteiger partial charge in [0.05, 0.1) is 11.9 Å². The monoisotopic (exact) mass is 278 g/mol. The smallest absolute Gasteiger partial charge is 0.272 e. The Balaban J connectivity index is 2.87. The number of nitrogens with one attached hydrogen (secondary N) is 2. The minimum absolute atomic E-state index is 0.147. The van der Waals surface area contributed by atoms with Crippen LogP contribution < -0.4 is 10.6 Å². The van der Waals surface area contributed by atoms with Gasteiger partial charge in [-0.1, -0.05) is 34.6 Å². The molecule has 0 aliphatic heterocycles. The zero-order valence-electron chi connectivity index (χ0n) is 13.3. The van der Waals surface area contributed by atoms with Gasteiger partial charge in [-0.3, -0.25) is 4.79 Å². The van der Waals surface area contributed by atoms with Crippen LogP contribution in [0.4, 0.5) is 5.69 Å². The van der Waals surface area contributed by atoms with Crippen LogP contribution in [0, 0.1) is 11.8 Å². The van der Waals surface area contributed by atoms with Crippen LogP contribution in [0.15, 0.2) is 6.20 Å². The highest BCUT2D eigenvalue weighted by molar-refractivity contribution is 5.97. The second-order valence-electron chi connectivity index (χ2n) is 5.83. The lowest BCUT2D eigenvalue weighted by molar-refractivity contribution is 0.0940. The first-order chi connectivity index (χ1) is 9.36. The number of rotatable bonds is 6. The molecular formula is C15H26N4O. The number of carbonyl (C=O) groups excluding carboxylic acids is 1. The maximum absolute atomic E-state index is 12.3. The molecule has 5 heteroatoms. The topological polar surface area (TPSA) is 66.9 Å². The Bertz CT molecular complexity index is 457. The van der Waals surface area contributed by atoms with Crippen molar-refractivity contribution in [2.45, 2.75) is 40.5 Å². The van der Waals surface area contributed by atoms with Crippen molar-refractivity contribution in [1.82, 2.24) is 15.3 Å². The standard InChI is InChI=1S/C15H26N4O/c1-9(2)11(5)7-18-15(20)13-12(16-6)8-17-14(19-13)10(3)4/h8-11,16H,7H2,1-6H3,(H,18,20). The second kappa shape index (κ2) is 7.22. The summed E-state index contributed by atoms with van der Waals surface area (Å²) in [4.78, 5) is 20.9. The van der Waals surface area contributed by atoms with Gasteiger partial charge in [-0.2, -0.15) is 0 Å². The first-order valence-corrected chi connectivity index (χ1v) is 7.19. The minimum Gasteiger partial charge on any atom is -0.385 e. The lowest BCUT2D eigenvalue weighted by Crippen LogP contribution is -2.31. The molecule has 0 aliphatic carbocycles. The molecular weight excluding hydrogens is 252 g/mol. The van der Waals surface area contributed by atoms with Gasteiger partial charge < -0.3 is 10.6 Å². The van der Waals surface area contributed by atoms with Gasteiger partial charge in [0, 0.05) is 19.5 Å². The Kier molecular flexibility index (Phi) is 5.92. The Morgan fingerprint density at radius 2 is 1.90 bits per heavy atom. The quantitative estimate of drug-likeness (QED) is 0.839. The number of anilines is 1. The highest BCUT2D eigenvalue weighted by Crippen LogP contribution is 2.16. The van der Waals surface area contributed by atoms with Crippen molar-refractivity contribution in [2.24, 2.45) is 11.8 Å². The van der Waals surface area contributed by atoms with Crippen molar-refractivity contribution >= 4 is 11.6 Å². The number of nitrogens with zero attached hydrogens (tertiary/aromatic N) is 2. The summed E-state index contributed by atoms with van der Waals surface area (Å²) < 4.78 is 0. The molecule has 0 radical (unpaired) electrons. The fourth-order valence-corrected chi connectivity index (χ4v) is 1.60. The fourth-order valence-electron chi connectivity index (χ4n) is 1.60. The van der Waals surface area contributed by atoms with Crippen molar-refractivity contribution < 1.29 is 4.79 Å². The second-order valence-corrected chi connectivity index (χ2v) is 5.83. The Hall–Kier alpha value is -1.65. The van der Waals surface area contributed by atoms with Crippen molar-refractivity contribution in [3.63, 3.8) is 0 Å². The zero-order chi connectivity index (χ0) is 15.3. The molecule has 5 nitrogen and oxygen atoms in total. The van der Waals surface area contributed by atoms with Crippen molar-refractivity contribution in [3.8, 4) is 0 Å². The molecule has 1 amide bonds. The van der Waals surface area contributed by atoms with Crippen LogP contribution in [0.3, 0.4) is 0 Å². The highest BCUT2D eigenvalue weighted by Gasteiger charge is 2.17. The maximum atomic E-state index is 12.3. The van der Waals surface area contributed by atoms with E-state index in [1.165, 1.54) is 0 Å². The first-order valence-electron chi connectivity index (χ1n) is 7.19. The zero-order valence-corrected chi connectivity index (χ0v) is 13.3. The van der Waals surface area contributed by atoms with E-state index in [4.69, 9.17) is 0 Å². The minimum atomic E-state index is -0.147. The number of hydrogen-bond acceptors (Lipinski definition) is 4. The van der Waals surface area contributed by atoms with E-state index in [0.29, 0.717) is 35.6 Å². The van der Waals surface area contributed by atoms with Crippen LogP contribution in [0.5, 0.6) is 0 Å². The summed E-state index contributed by atoms with van der Waals surface area (Å²) in [5.74, 6) is 1.71. The van der Waals surface area contributed by atoms with E-state index in [1.807, 2.05) is 13.8 Å². The normalized spacial score (nSPS) is 12.6. The van der Waals surface area contributed by atoms with E-state index >= 15 is 0 Å². The van der Waals surface area contributed by atoms with Crippen LogP contribution in [-0.4, -0.2) is 29.5 Å². The summed E-state index contributed by atoms with van der Waals surface area (Å²) >= 11 is 0. The average molecular weight is 278 g/mol. The van der Waals surface area contributed by atoms with E-state index < -0.39 is 0 Å². The van der Waals surface area contributed by atoms with Gasteiger partial charge in [0.15, 0.2) is 5.69 Å². The molecule has 0 aromatic carbocycles. The van der Waals surface area contributed by atoms with Crippen molar-refractivity contribution in [1.29, 1.82) is 0 Å². The molecule has 0 saturated carbocycles. The fraction of sp³-hybridized carbons (Fsp3) is 0.667. The Labute approximate surface area is 121 Å². The van der Waals surface area contributed by atoms with Gasteiger partial charge in [0.25, 0.3) is 5.91 Å². The summed E-state index contributed by atoms with van der Waals surface area (Å²) in [5, 5.41) is 5.92. The SMILES string of the molecule is CNc1cnc(C(C)C)nc1C(=O)NCC(C)C(C)C. The molecule has 0 saturated heterocycles. The van der Waals surface area contributed by atoms with Crippen LogP contribution in [0.2, 0.25) is 0 Å². The summed E-state index contributed by atoms with van der Waals surface area (Å²) in [6.45, 7) is 11.1. The number of hydrogen-bond donors (Lipinski definition) is 2. The number of carbonyl (C=O) groups is 1. The summed E-state index contributed by atoms with van der Waals surface area (Å²) in [6, 6.07) is 0. The number of amides is 1. The van der Waals surface area contributed by atoms with E-state index in [0.717, 1.165) is 0 Å². The summed E-state index contributed by atoms with van der Waals surface area (Å²) in [5.41, 5.74) is 1.08. The predicted octanol–water partition coefficient (Wildman–Crippen LogP) is 2.66. The van der Waals surface area contributed by atoms with Gasteiger partial charge >= 0.3 is 0 Å². The molecule has 0 spiro atoms. The van der Waals surface area contributed by atoms with E-state index in [-0.39, 0.29) is 11.8 Å². The van der Waals surface area contributed by atoms with Crippen LogP contribution in [-0.2, 0) is 0 Å². The molecule has 0 fully saturated rings. The molecule has 0 bridgehead atoms. The molecule has 1 heterocycles. The van der Waals surface area contributed by atoms with Gasteiger partial charge in [0.2, 0.25) is 0 Å². The van der Waals surface area contributed by atoms with E-state index in [1.54, 1.807) is 13.2 Å². The molecule has 2 N–H and O–H groups in total. The third-order valence-corrected chi connectivity index (χ3v) is 3.53. The van der Waals surface area contributed by atoms with Crippen LogP contribution >= 0.6 is 0 Å². The molecule has 0 aliphatic rings. The van der Waals surface area contributed by atoms with Crippen molar-refractivity contribution in [3.05, 3.63) is 17.7 Å². The maximum Gasteiger partial charge on any atom is 0.272 e. The van der Waals surface area contributed by atoms with E-state index in [9.17, 15) is 4.79 Å². The molecule has 1 rings (SSSR count). The van der Waals surface area contributed by atoms with Crippen LogP contribution in [0.1, 0.15) is 56.8 Å². The largest absolute Gasteiger partial charge is 0.385 e. The third kappa shape index (κ3) is 4.18. The lowest BCUT2D eigenvalue weighted by atomic mass is 9.98. The van der Waals surface area contributed by atoms with Crippen molar-refractivity contribution in [2.75, 3.05) is 18.9 Å². The molecule has 1 atom stereocenters. The van der Waals surface area contributed by atoms with Gasteiger partial charge in [0.1, 0.15) is 5.82 Å². The summed E-state index contributed by atoms with van der Waals surface area (Å²) in [6.07, 6.45) is 1.67. The molecule has 1 aromatic rings. The average Bonchev–Trinajstić information content (AvgIpc) is 2.43. The Morgan fingerprint density at radius 1 is 1.25 bits per heavy atom. The third-order valence-electron chi connectivity index (χ3n) is 3.53. The molecule has 1 aromatic heterocycles. The molecule has 112 valence electrons. The predicted molar refractivity (Wildman–Crippen MR) is 82.0 cm³/mol. The lowest BCUT2D eigenvalue weighted by Gasteiger charge is -2.17. The van der Waals surface area contributed by atoms with Gasteiger partial charge in [-0.15, -0.1) is 0 Å². The first kappa shape index (κ1) is 16.4.